The van der Waals surface area contributed by atoms with Crippen molar-refractivity contribution in [3.63, 3.8) is 0 Å². The number of furan rings is 1. The van der Waals surface area contributed by atoms with Crippen molar-refractivity contribution in [3.05, 3.63) is 41.6 Å². The minimum Gasteiger partial charge on any atom is -0.469 e. The number of amides is 1. The van der Waals surface area contributed by atoms with Crippen LogP contribution in [-0.4, -0.2) is 32.9 Å². The zero-order valence-corrected chi connectivity index (χ0v) is 14.2. The third-order valence-corrected chi connectivity index (χ3v) is 4.72. The van der Waals surface area contributed by atoms with E-state index in [1.807, 2.05) is 6.20 Å². The number of aliphatic hydroxyl groups excluding tert-OH is 1. The molecule has 142 valence electrons. The molecule has 2 aromatic rings. The highest BCUT2D eigenvalue weighted by molar-refractivity contribution is 5.79. The van der Waals surface area contributed by atoms with Gasteiger partial charge in [0.05, 0.1) is 24.1 Å². The van der Waals surface area contributed by atoms with E-state index in [2.05, 4.69) is 10.4 Å². The number of hydrogen-bond donors (Lipinski definition) is 2. The molecule has 1 amide bonds. The first kappa shape index (κ1) is 18.5. The van der Waals surface area contributed by atoms with Crippen molar-refractivity contribution in [2.45, 2.75) is 51.1 Å². The minimum absolute atomic E-state index is 0.0657. The van der Waals surface area contributed by atoms with Crippen LogP contribution in [0, 0.1) is 12.8 Å². The molecular formula is C17H20F3N3O3. The predicted molar refractivity (Wildman–Crippen MR) is 85.0 cm³/mol. The molecule has 1 fully saturated rings. The number of aryl methyl sites for hydroxylation is 1. The van der Waals surface area contributed by atoms with Crippen LogP contribution >= 0.6 is 0 Å². The lowest BCUT2D eigenvalue weighted by Crippen LogP contribution is -2.40. The monoisotopic (exact) mass is 371 g/mol. The van der Waals surface area contributed by atoms with Crippen molar-refractivity contribution in [1.82, 2.24) is 15.1 Å². The van der Waals surface area contributed by atoms with Crippen molar-refractivity contribution >= 4 is 5.91 Å². The van der Waals surface area contributed by atoms with Gasteiger partial charge in [-0.3, -0.25) is 9.48 Å². The molecule has 0 aromatic carbocycles. The minimum atomic E-state index is -4.57. The van der Waals surface area contributed by atoms with E-state index in [9.17, 15) is 23.1 Å². The summed E-state index contributed by atoms with van der Waals surface area (Å²) < 4.78 is 45.5. The molecule has 9 heteroatoms. The molecule has 3 rings (SSSR count). The molecule has 3 atom stereocenters. The number of rotatable bonds is 5. The summed E-state index contributed by atoms with van der Waals surface area (Å²) in [6.45, 7) is 2.01. The smallest absolute Gasteiger partial charge is 0.419 e. The molecule has 0 spiro atoms. The standard InChI is InChI=1S/C17H20F3N3O3/c1-10-12(13(9-26-10)17(18,19)20)7-16(25)22-14-5-11(6-15(14)24)8-23-4-2-3-21-23/h2-4,9,11,14-15,24H,5-8H2,1H3,(H,22,25)/t11?,14-,15-/m1/s1. The number of aliphatic hydroxyl groups is 1. The maximum absolute atomic E-state index is 13.0. The fraction of sp³-hybridized carbons (Fsp3) is 0.529. The van der Waals surface area contributed by atoms with Crippen LogP contribution in [0.2, 0.25) is 0 Å². The number of aromatic nitrogens is 2. The summed E-state index contributed by atoms with van der Waals surface area (Å²) in [4.78, 5) is 12.2. The summed E-state index contributed by atoms with van der Waals surface area (Å²) in [5.74, 6) is -0.364. The average molecular weight is 371 g/mol. The first-order valence-corrected chi connectivity index (χ1v) is 8.33. The maximum Gasteiger partial charge on any atom is 0.419 e. The molecule has 0 radical (unpaired) electrons. The topological polar surface area (TPSA) is 80.3 Å². The molecule has 2 heterocycles. The van der Waals surface area contributed by atoms with E-state index in [1.54, 1.807) is 16.9 Å². The number of carbonyl (C=O) groups excluding carboxylic acids is 1. The quantitative estimate of drug-likeness (QED) is 0.845. The second kappa shape index (κ2) is 7.14. The SMILES string of the molecule is Cc1occ(C(F)(F)F)c1CC(=O)N[C@@H]1CC(Cn2cccn2)C[C@H]1O. The van der Waals surface area contributed by atoms with E-state index >= 15 is 0 Å². The molecule has 1 unspecified atom stereocenters. The number of carbonyl (C=O) groups is 1. The van der Waals surface area contributed by atoms with Gasteiger partial charge in [-0.1, -0.05) is 0 Å². The Labute approximate surface area is 148 Å². The van der Waals surface area contributed by atoms with Crippen LogP contribution in [0.3, 0.4) is 0 Å². The number of halogens is 3. The molecule has 6 nitrogen and oxygen atoms in total. The molecule has 0 aliphatic heterocycles. The average Bonchev–Trinajstić information content (AvgIpc) is 3.23. The Morgan fingerprint density at radius 2 is 2.23 bits per heavy atom. The number of hydrogen-bond acceptors (Lipinski definition) is 4. The lowest BCUT2D eigenvalue weighted by molar-refractivity contribution is -0.138. The van der Waals surface area contributed by atoms with Crippen LogP contribution in [0.1, 0.15) is 29.7 Å². The maximum atomic E-state index is 13.0. The molecule has 0 saturated heterocycles. The summed E-state index contributed by atoms with van der Waals surface area (Å²) >= 11 is 0. The third kappa shape index (κ3) is 4.09. The highest BCUT2D eigenvalue weighted by atomic mass is 19.4. The van der Waals surface area contributed by atoms with Gasteiger partial charge in [0.2, 0.25) is 5.91 Å². The van der Waals surface area contributed by atoms with Gasteiger partial charge in [-0.15, -0.1) is 0 Å². The predicted octanol–water partition coefficient (Wildman–Crippen LogP) is 2.30. The van der Waals surface area contributed by atoms with Gasteiger partial charge >= 0.3 is 6.18 Å². The van der Waals surface area contributed by atoms with Gasteiger partial charge in [0.25, 0.3) is 0 Å². The number of alkyl halides is 3. The van der Waals surface area contributed by atoms with Gasteiger partial charge in [-0.2, -0.15) is 18.3 Å². The van der Waals surface area contributed by atoms with Gasteiger partial charge in [0.1, 0.15) is 12.0 Å². The lowest BCUT2D eigenvalue weighted by Gasteiger charge is -2.17. The number of nitrogens with zero attached hydrogens (tertiary/aromatic N) is 2. The Balaban J connectivity index is 1.59. The highest BCUT2D eigenvalue weighted by Gasteiger charge is 2.38. The first-order valence-electron chi connectivity index (χ1n) is 8.33. The van der Waals surface area contributed by atoms with E-state index in [0.29, 0.717) is 25.6 Å². The normalized spacial score (nSPS) is 23.3. The lowest BCUT2D eigenvalue weighted by atomic mass is 10.1. The van der Waals surface area contributed by atoms with Gasteiger partial charge in [-0.05, 0) is 31.7 Å². The van der Waals surface area contributed by atoms with Crippen molar-refractivity contribution in [2.24, 2.45) is 5.92 Å². The second-order valence-electron chi connectivity index (χ2n) is 6.67. The van der Waals surface area contributed by atoms with Crippen LogP contribution in [0.25, 0.3) is 0 Å². The van der Waals surface area contributed by atoms with Gasteiger partial charge in [-0.25, -0.2) is 0 Å². The summed E-state index contributed by atoms with van der Waals surface area (Å²) in [6, 6.07) is 1.32. The van der Waals surface area contributed by atoms with E-state index in [-0.39, 0.29) is 17.2 Å². The van der Waals surface area contributed by atoms with E-state index in [1.165, 1.54) is 6.92 Å². The zero-order chi connectivity index (χ0) is 18.9. The Bertz CT molecular complexity index is 755. The Kier molecular flexibility index (Phi) is 5.08. The van der Waals surface area contributed by atoms with Crippen molar-refractivity contribution in [3.8, 4) is 0 Å². The molecule has 2 aromatic heterocycles. The molecule has 2 N–H and O–H groups in total. The van der Waals surface area contributed by atoms with E-state index < -0.39 is 36.2 Å². The first-order chi connectivity index (χ1) is 12.2. The molecule has 1 aliphatic carbocycles. The molecule has 1 aliphatic rings. The highest BCUT2D eigenvalue weighted by Crippen LogP contribution is 2.35. The molecule has 0 bridgehead atoms. The Hall–Kier alpha value is -2.29. The van der Waals surface area contributed by atoms with Crippen LogP contribution in [0.4, 0.5) is 13.2 Å². The van der Waals surface area contributed by atoms with E-state index in [0.717, 1.165) is 0 Å². The molecule has 1 saturated carbocycles. The molecule has 26 heavy (non-hydrogen) atoms. The van der Waals surface area contributed by atoms with Gasteiger partial charge < -0.3 is 14.8 Å². The number of nitrogens with one attached hydrogen (secondary N) is 1. The largest absolute Gasteiger partial charge is 0.469 e. The van der Waals surface area contributed by atoms with Crippen LogP contribution in [-0.2, 0) is 23.9 Å². The van der Waals surface area contributed by atoms with Gasteiger partial charge in [0, 0.05) is 24.5 Å². The van der Waals surface area contributed by atoms with Crippen molar-refractivity contribution in [2.75, 3.05) is 0 Å². The van der Waals surface area contributed by atoms with Crippen LogP contribution < -0.4 is 5.32 Å². The van der Waals surface area contributed by atoms with E-state index in [4.69, 9.17) is 4.42 Å². The summed E-state index contributed by atoms with van der Waals surface area (Å²) in [6.07, 6.45) is -0.588. The summed E-state index contributed by atoms with van der Waals surface area (Å²) in [5.41, 5.74) is -1.11. The summed E-state index contributed by atoms with van der Waals surface area (Å²) in [7, 11) is 0. The van der Waals surface area contributed by atoms with Crippen molar-refractivity contribution in [1.29, 1.82) is 0 Å². The fourth-order valence-corrected chi connectivity index (χ4v) is 3.45. The molecular weight excluding hydrogens is 351 g/mol. The van der Waals surface area contributed by atoms with Crippen LogP contribution in [0.5, 0.6) is 0 Å². The fourth-order valence-electron chi connectivity index (χ4n) is 3.45. The summed E-state index contributed by atoms with van der Waals surface area (Å²) in [5, 5.41) is 16.9. The second-order valence-corrected chi connectivity index (χ2v) is 6.67. The van der Waals surface area contributed by atoms with Crippen molar-refractivity contribution < 1.29 is 27.5 Å². The zero-order valence-electron chi connectivity index (χ0n) is 14.2. The van der Waals surface area contributed by atoms with Gasteiger partial charge in [0.15, 0.2) is 0 Å². The Morgan fingerprint density at radius 3 is 2.88 bits per heavy atom. The van der Waals surface area contributed by atoms with Crippen LogP contribution in [0.15, 0.2) is 29.1 Å². The Morgan fingerprint density at radius 1 is 1.46 bits per heavy atom. The third-order valence-electron chi connectivity index (χ3n) is 4.72.